The minimum absolute atomic E-state index is 0.207. The summed E-state index contributed by atoms with van der Waals surface area (Å²) in [5.74, 6) is 0.0708. The predicted molar refractivity (Wildman–Crippen MR) is 128 cm³/mol. The van der Waals surface area contributed by atoms with Crippen molar-refractivity contribution in [2.75, 3.05) is 19.9 Å². The third kappa shape index (κ3) is 4.52. The summed E-state index contributed by atoms with van der Waals surface area (Å²) >= 11 is 0. The number of hydrogen-bond acceptors (Lipinski definition) is 7. The van der Waals surface area contributed by atoms with Crippen molar-refractivity contribution in [3.8, 4) is 11.5 Å². The van der Waals surface area contributed by atoms with Crippen LogP contribution in [0.3, 0.4) is 0 Å². The SMILES string of the molecule is CCNC(=O)NC(=O)COC(=O)c1c2c(nc3ccccc13)/C(=C\c1ccc3c(c1)OCO3)CC2. The van der Waals surface area contributed by atoms with Crippen LogP contribution in [0.4, 0.5) is 4.79 Å². The van der Waals surface area contributed by atoms with Crippen LogP contribution in [0.25, 0.3) is 22.6 Å². The number of para-hydroxylation sites is 1. The molecule has 0 bridgehead atoms. The Bertz CT molecular complexity index is 1380. The standard InChI is InChI=1S/C26H23N3O6/c1-2-27-26(32)29-22(30)13-33-25(31)23-17-5-3-4-6-19(17)28-24-16(8-9-18(23)24)11-15-7-10-20-21(12-15)35-14-34-20/h3-7,10-12H,2,8-9,13-14H2,1H3,(H2,27,29,30,32)/b16-11-. The highest BCUT2D eigenvalue weighted by Crippen LogP contribution is 2.39. The van der Waals surface area contributed by atoms with Crippen LogP contribution in [0.1, 0.15) is 40.5 Å². The van der Waals surface area contributed by atoms with E-state index >= 15 is 0 Å². The van der Waals surface area contributed by atoms with Crippen LogP contribution in [0.2, 0.25) is 0 Å². The van der Waals surface area contributed by atoms with Crippen molar-refractivity contribution in [3.63, 3.8) is 0 Å². The second-order valence-corrected chi connectivity index (χ2v) is 8.10. The molecule has 9 nitrogen and oxygen atoms in total. The maximum absolute atomic E-state index is 13.1. The van der Waals surface area contributed by atoms with Gasteiger partial charge < -0.3 is 19.5 Å². The Morgan fingerprint density at radius 1 is 1.09 bits per heavy atom. The maximum atomic E-state index is 13.1. The molecule has 1 aliphatic heterocycles. The fourth-order valence-corrected chi connectivity index (χ4v) is 4.29. The minimum atomic E-state index is -0.706. The Morgan fingerprint density at radius 2 is 1.91 bits per heavy atom. The van der Waals surface area contributed by atoms with Gasteiger partial charge in [-0.2, -0.15) is 0 Å². The van der Waals surface area contributed by atoms with Crippen molar-refractivity contribution >= 4 is 40.5 Å². The van der Waals surface area contributed by atoms with Crippen molar-refractivity contribution in [3.05, 3.63) is 64.8 Å². The molecule has 0 saturated carbocycles. The van der Waals surface area contributed by atoms with Crippen LogP contribution < -0.4 is 20.1 Å². The third-order valence-electron chi connectivity index (χ3n) is 5.81. The first-order chi connectivity index (χ1) is 17.0. The molecule has 3 amide bonds. The summed E-state index contributed by atoms with van der Waals surface area (Å²) in [5, 5.41) is 5.23. The molecule has 178 valence electrons. The summed E-state index contributed by atoms with van der Waals surface area (Å²) in [4.78, 5) is 41.5. The van der Waals surface area contributed by atoms with E-state index in [2.05, 4.69) is 10.6 Å². The molecule has 0 atom stereocenters. The Balaban J connectivity index is 1.45. The molecule has 0 unspecified atom stereocenters. The molecule has 0 radical (unpaired) electrons. The van der Waals surface area contributed by atoms with Crippen LogP contribution in [0.15, 0.2) is 42.5 Å². The van der Waals surface area contributed by atoms with Gasteiger partial charge in [0.15, 0.2) is 18.1 Å². The Labute approximate surface area is 201 Å². The second kappa shape index (κ2) is 9.46. The van der Waals surface area contributed by atoms with Crippen LogP contribution in [-0.2, 0) is 16.0 Å². The van der Waals surface area contributed by atoms with Crippen LogP contribution >= 0.6 is 0 Å². The number of nitrogens with one attached hydrogen (secondary N) is 2. The lowest BCUT2D eigenvalue weighted by atomic mass is 10.0. The topological polar surface area (TPSA) is 116 Å². The summed E-state index contributed by atoms with van der Waals surface area (Å²) in [6.45, 7) is 1.74. The van der Waals surface area contributed by atoms with Crippen LogP contribution in [-0.4, -0.2) is 42.8 Å². The number of rotatable bonds is 5. The third-order valence-corrected chi connectivity index (χ3v) is 5.81. The molecule has 0 saturated heterocycles. The molecule has 2 N–H and O–H groups in total. The van der Waals surface area contributed by atoms with E-state index in [9.17, 15) is 14.4 Å². The first-order valence-corrected chi connectivity index (χ1v) is 11.3. The molecule has 2 heterocycles. The number of amides is 3. The molecule has 2 aliphatic rings. The molecular formula is C26H23N3O6. The van der Waals surface area contributed by atoms with Gasteiger partial charge in [0.05, 0.1) is 16.8 Å². The van der Waals surface area contributed by atoms with Gasteiger partial charge in [-0.05, 0) is 60.7 Å². The predicted octanol–water partition coefficient (Wildman–Crippen LogP) is 3.45. The van der Waals surface area contributed by atoms with E-state index < -0.39 is 24.5 Å². The number of carbonyl (C=O) groups is 3. The van der Waals surface area contributed by atoms with E-state index in [0.29, 0.717) is 47.4 Å². The first kappa shape index (κ1) is 22.4. The zero-order valence-corrected chi connectivity index (χ0v) is 19.1. The lowest BCUT2D eigenvalue weighted by molar-refractivity contribution is -0.123. The van der Waals surface area contributed by atoms with Gasteiger partial charge in [0.2, 0.25) is 6.79 Å². The zero-order chi connectivity index (χ0) is 24.4. The average Bonchev–Trinajstić information content (AvgIpc) is 3.48. The first-order valence-electron chi connectivity index (χ1n) is 11.3. The fourth-order valence-electron chi connectivity index (χ4n) is 4.29. The summed E-state index contributed by atoms with van der Waals surface area (Å²) in [6, 6.07) is 12.4. The van der Waals surface area contributed by atoms with Crippen molar-refractivity contribution < 1.29 is 28.6 Å². The average molecular weight is 473 g/mol. The van der Waals surface area contributed by atoms with E-state index in [0.717, 1.165) is 22.4 Å². The smallest absolute Gasteiger partial charge is 0.339 e. The number of imide groups is 1. The number of ether oxygens (including phenoxy) is 3. The van der Waals surface area contributed by atoms with Gasteiger partial charge in [-0.3, -0.25) is 10.1 Å². The number of pyridine rings is 1. The lowest BCUT2D eigenvalue weighted by Gasteiger charge is -2.12. The summed E-state index contributed by atoms with van der Waals surface area (Å²) in [6.07, 6.45) is 3.34. The maximum Gasteiger partial charge on any atom is 0.339 e. The monoisotopic (exact) mass is 473 g/mol. The quantitative estimate of drug-likeness (QED) is 0.545. The van der Waals surface area contributed by atoms with Crippen molar-refractivity contribution in [1.29, 1.82) is 0 Å². The molecule has 9 heteroatoms. The molecule has 0 fully saturated rings. The van der Waals surface area contributed by atoms with Crippen molar-refractivity contribution in [2.24, 2.45) is 0 Å². The molecule has 3 aromatic rings. The van der Waals surface area contributed by atoms with Gasteiger partial charge in [-0.15, -0.1) is 0 Å². The number of urea groups is 1. The van der Waals surface area contributed by atoms with Crippen molar-refractivity contribution in [1.82, 2.24) is 15.6 Å². The molecule has 5 rings (SSSR count). The number of hydrogen-bond donors (Lipinski definition) is 2. The van der Waals surface area contributed by atoms with Gasteiger partial charge in [0, 0.05) is 11.9 Å². The number of allylic oxidation sites excluding steroid dienone is 1. The normalized spacial score (nSPS) is 14.6. The zero-order valence-electron chi connectivity index (χ0n) is 19.1. The summed E-state index contributed by atoms with van der Waals surface area (Å²) < 4.78 is 16.2. The molecule has 35 heavy (non-hydrogen) atoms. The van der Waals surface area contributed by atoms with Crippen molar-refractivity contribution in [2.45, 2.75) is 19.8 Å². The van der Waals surface area contributed by atoms with Gasteiger partial charge in [-0.1, -0.05) is 24.3 Å². The molecule has 0 spiro atoms. The Hall–Kier alpha value is -4.40. The van der Waals surface area contributed by atoms with Crippen LogP contribution in [0, 0.1) is 0 Å². The highest BCUT2D eigenvalue weighted by molar-refractivity contribution is 6.08. The number of carbonyl (C=O) groups excluding carboxylic acids is 3. The van der Waals surface area contributed by atoms with Crippen LogP contribution in [0.5, 0.6) is 11.5 Å². The van der Waals surface area contributed by atoms with Gasteiger partial charge in [0.1, 0.15) is 0 Å². The highest BCUT2D eigenvalue weighted by Gasteiger charge is 2.28. The molecular weight excluding hydrogens is 450 g/mol. The number of nitrogens with zero attached hydrogens (tertiary/aromatic N) is 1. The second-order valence-electron chi connectivity index (χ2n) is 8.10. The molecule has 1 aromatic heterocycles. The van der Waals surface area contributed by atoms with E-state index in [1.54, 1.807) is 6.92 Å². The number of esters is 1. The fraction of sp³-hybridized carbons (Fsp3) is 0.231. The minimum Gasteiger partial charge on any atom is -0.454 e. The Kier molecular flexibility index (Phi) is 6.05. The van der Waals surface area contributed by atoms with Gasteiger partial charge in [0.25, 0.3) is 5.91 Å². The molecule has 2 aromatic carbocycles. The van der Waals surface area contributed by atoms with Gasteiger partial charge in [-0.25, -0.2) is 14.6 Å². The highest BCUT2D eigenvalue weighted by atomic mass is 16.7. The van der Waals surface area contributed by atoms with E-state index in [1.807, 2.05) is 48.5 Å². The largest absolute Gasteiger partial charge is 0.454 e. The van der Waals surface area contributed by atoms with E-state index in [4.69, 9.17) is 19.2 Å². The number of fused-ring (bicyclic) bond motifs is 3. The van der Waals surface area contributed by atoms with Gasteiger partial charge >= 0.3 is 12.0 Å². The van der Waals surface area contributed by atoms with E-state index in [1.165, 1.54) is 0 Å². The summed E-state index contributed by atoms with van der Waals surface area (Å²) in [5.41, 5.74) is 4.50. The van der Waals surface area contributed by atoms with E-state index in [-0.39, 0.29) is 6.79 Å². The lowest BCUT2D eigenvalue weighted by Crippen LogP contribution is -2.41. The number of benzene rings is 2. The number of aromatic nitrogens is 1. The molecule has 1 aliphatic carbocycles. The Morgan fingerprint density at radius 3 is 2.77 bits per heavy atom. The summed E-state index contributed by atoms with van der Waals surface area (Å²) in [7, 11) is 0.